The molecule has 0 bridgehead atoms. The highest BCUT2D eigenvalue weighted by atomic mass is 35.5. The Kier molecular flexibility index (Phi) is 6.87. The highest BCUT2D eigenvalue weighted by Crippen LogP contribution is 2.25. The van der Waals surface area contributed by atoms with Crippen LogP contribution >= 0.6 is 23.2 Å². The number of hydrogen-bond donors (Lipinski definition) is 3. The van der Waals surface area contributed by atoms with Gasteiger partial charge < -0.3 is 10.6 Å². The van der Waals surface area contributed by atoms with Crippen molar-refractivity contribution in [2.75, 3.05) is 25.5 Å². The number of hydrazine groups is 1. The molecule has 2 rings (SSSR count). The maximum absolute atomic E-state index is 12.3. The number of imide groups is 1. The van der Waals surface area contributed by atoms with E-state index < -0.39 is 23.4 Å². The smallest absolute Gasteiger partial charge is 0.325 e. The molecule has 1 aromatic carbocycles. The SMILES string of the molecule is CCC1(C)NC(=O)N(NC(=O)CN(C)CC(=O)Nc2ccc(Cl)c(Cl)c2)C1=O. The van der Waals surface area contributed by atoms with E-state index in [9.17, 15) is 19.2 Å². The van der Waals surface area contributed by atoms with E-state index >= 15 is 0 Å². The van der Waals surface area contributed by atoms with Crippen molar-refractivity contribution in [3.8, 4) is 0 Å². The molecule has 1 unspecified atom stereocenters. The van der Waals surface area contributed by atoms with Crippen LogP contribution < -0.4 is 16.1 Å². The fourth-order valence-electron chi connectivity index (χ4n) is 2.51. The number of amides is 5. The van der Waals surface area contributed by atoms with Gasteiger partial charge in [0, 0.05) is 5.69 Å². The summed E-state index contributed by atoms with van der Waals surface area (Å²) in [7, 11) is 1.55. The summed E-state index contributed by atoms with van der Waals surface area (Å²) >= 11 is 11.7. The highest BCUT2D eigenvalue weighted by molar-refractivity contribution is 6.42. The van der Waals surface area contributed by atoms with Gasteiger partial charge in [0.25, 0.3) is 11.8 Å². The van der Waals surface area contributed by atoms with Crippen molar-refractivity contribution in [2.24, 2.45) is 0 Å². The summed E-state index contributed by atoms with van der Waals surface area (Å²) in [6, 6.07) is 3.97. The molecule has 1 saturated heterocycles. The molecule has 1 aliphatic rings. The van der Waals surface area contributed by atoms with Crippen LogP contribution in [0.1, 0.15) is 20.3 Å². The molecule has 28 heavy (non-hydrogen) atoms. The first-order chi connectivity index (χ1) is 13.1. The fourth-order valence-corrected chi connectivity index (χ4v) is 2.80. The van der Waals surface area contributed by atoms with E-state index in [-0.39, 0.29) is 19.0 Å². The van der Waals surface area contributed by atoms with E-state index in [1.54, 1.807) is 33.0 Å². The highest BCUT2D eigenvalue weighted by Gasteiger charge is 2.47. The summed E-state index contributed by atoms with van der Waals surface area (Å²) in [6.45, 7) is 3.04. The molecule has 11 heteroatoms. The fraction of sp³-hybridized carbons (Fsp3) is 0.412. The van der Waals surface area contributed by atoms with Gasteiger partial charge in [0.2, 0.25) is 5.91 Å². The molecule has 5 amide bonds. The van der Waals surface area contributed by atoms with Crippen LogP contribution in [-0.2, 0) is 14.4 Å². The number of hydrogen-bond acceptors (Lipinski definition) is 5. The summed E-state index contributed by atoms with van der Waals surface area (Å²) in [4.78, 5) is 49.8. The molecule has 0 radical (unpaired) electrons. The molecule has 1 heterocycles. The van der Waals surface area contributed by atoms with Crippen LogP contribution in [0, 0.1) is 0 Å². The lowest BCUT2D eigenvalue weighted by atomic mass is 10.00. The number of benzene rings is 1. The topological polar surface area (TPSA) is 111 Å². The number of likely N-dealkylation sites (N-methyl/N-ethyl adjacent to an activating group) is 1. The molecule has 0 spiro atoms. The van der Waals surface area contributed by atoms with Gasteiger partial charge in [-0.05, 0) is 38.6 Å². The molecule has 1 fully saturated rings. The first-order valence-corrected chi connectivity index (χ1v) is 9.21. The second-order valence-corrected chi connectivity index (χ2v) is 7.46. The molecule has 0 saturated carbocycles. The van der Waals surface area contributed by atoms with Gasteiger partial charge in [-0.2, -0.15) is 5.01 Å². The maximum atomic E-state index is 12.3. The van der Waals surface area contributed by atoms with Gasteiger partial charge in [0.1, 0.15) is 5.54 Å². The molecule has 9 nitrogen and oxygen atoms in total. The summed E-state index contributed by atoms with van der Waals surface area (Å²) in [5.41, 5.74) is 1.69. The molecule has 152 valence electrons. The monoisotopic (exact) mass is 429 g/mol. The third-order valence-corrected chi connectivity index (χ3v) is 4.97. The summed E-state index contributed by atoms with van der Waals surface area (Å²) in [6.07, 6.45) is 0.388. The standard InChI is InChI=1S/C17H21Cl2N5O4/c1-4-17(2)15(27)24(16(28)21-17)22-14(26)9-23(3)8-13(25)20-10-5-6-11(18)12(19)7-10/h5-7H,4,8-9H2,1-3H3,(H,20,25)(H,21,28)(H,22,26). The van der Waals surface area contributed by atoms with E-state index in [1.165, 1.54) is 11.0 Å². The normalized spacial score (nSPS) is 19.0. The maximum Gasteiger partial charge on any atom is 0.344 e. The second-order valence-electron chi connectivity index (χ2n) is 6.64. The van der Waals surface area contributed by atoms with Crippen LogP contribution in [-0.4, -0.2) is 59.3 Å². The minimum atomic E-state index is -1.05. The second kappa shape index (κ2) is 8.76. The van der Waals surface area contributed by atoms with E-state index in [0.29, 0.717) is 27.2 Å². The molecule has 3 N–H and O–H groups in total. The minimum absolute atomic E-state index is 0.0967. The molecule has 1 aromatic rings. The molecule has 1 aliphatic heterocycles. The van der Waals surface area contributed by atoms with Gasteiger partial charge in [-0.3, -0.25) is 24.7 Å². The van der Waals surface area contributed by atoms with E-state index in [1.807, 2.05) is 0 Å². The van der Waals surface area contributed by atoms with Gasteiger partial charge in [-0.15, -0.1) is 0 Å². The zero-order valence-electron chi connectivity index (χ0n) is 15.6. The van der Waals surface area contributed by atoms with E-state index in [0.717, 1.165) is 0 Å². The van der Waals surface area contributed by atoms with Crippen molar-refractivity contribution >= 4 is 52.6 Å². The van der Waals surface area contributed by atoms with Gasteiger partial charge in [0.05, 0.1) is 23.1 Å². The summed E-state index contributed by atoms with van der Waals surface area (Å²) < 4.78 is 0. The van der Waals surface area contributed by atoms with Crippen molar-refractivity contribution in [3.63, 3.8) is 0 Å². The Hall–Kier alpha value is -2.36. The number of nitrogens with zero attached hydrogens (tertiary/aromatic N) is 2. The van der Waals surface area contributed by atoms with Crippen LogP contribution in [0.3, 0.4) is 0 Å². The van der Waals surface area contributed by atoms with Crippen LogP contribution in [0.4, 0.5) is 10.5 Å². The Morgan fingerprint density at radius 1 is 1.18 bits per heavy atom. The zero-order chi connectivity index (χ0) is 21.1. The predicted octanol–water partition coefficient (Wildman–Crippen LogP) is 1.62. The van der Waals surface area contributed by atoms with Gasteiger partial charge >= 0.3 is 6.03 Å². The molecular formula is C17H21Cl2N5O4. The Bertz CT molecular complexity index is 819. The summed E-state index contributed by atoms with van der Waals surface area (Å²) in [5, 5.41) is 6.50. The Morgan fingerprint density at radius 2 is 1.82 bits per heavy atom. The Balaban J connectivity index is 1.85. The average Bonchev–Trinajstić information content (AvgIpc) is 2.81. The lowest BCUT2D eigenvalue weighted by Gasteiger charge is -2.20. The van der Waals surface area contributed by atoms with Crippen LogP contribution in [0.2, 0.25) is 10.0 Å². The van der Waals surface area contributed by atoms with Crippen LogP contribution in [0.15, 0.2) is 18.2 Å². The largest absolute Gasteiger partial charge is 0.344 e. The van der Waals surface area contributed by atoms with Gasteiger partial charge in [-0.1, -0.05) is 30.1 Å². The number of carbonyl (C=O) groups excluding carboxylic acids is 4. The first-order valence-electron chi connectivity index (χ1n) is 8.45. The Morgan fingerprint density at radius 3 is 2.39 bits per heavy atom. The number of nitrogens with one attached hydrogen (secondary N) is 3. The first kappa shape index (κ1) is 21.9. The van der Waals surface area contributed by atoms with Crippen molar-refractivity contribution in [1.82, 2.24) is 20.7 Å². The molecule has 1 atom stereocenters. The van der Waals surface area contributed by atoms with E-state index in [4.69, 9.17) is 23.2 Å². The quantitative estimate of drug-likeness (QED) is 0.570. The van der Waals surface area contributed by atoms with Crippen molar-refractivity contribution in [1.29, 1.82) is 0 Å². The zero-order valence-corrected chi connectivity index (χ0v) is 17.1. The van der Waals surface area contributed by atoms with E-state index in [2.05, 4.69) is 16.1 Å². The lowest BCUT2D eigenvalue weighted by molar-refractivity contribution is -0.139. The number of rotatable bonds is 7. The Labute approximate surface area is 172 Å². The van der Waals surface area contributed by atoms with Crippen molar-refractivity contribution < 1.29 is 19.2 Å². The van der Waals surface area contributed by atoms with Gasteiger partial charge in [-0.25, -0.2) is 4.79 Å². The molecule has 0 aliphatic carbocycles. The minimum Gasteiger partial charge on any atom is -0.325 e. The van der Waals surface area contributed by atoms with Gasteiger partial charge in [0.15, 0.2) is 0 Å². The third-order valence-electron chi connectivity index (χ3n) is 4.24. The number of urea groups is 1. The summed E-state index contributed by atoms with van der Waals surface area (Å²) in [5.74, 6) is -1.51. The lowest BCUT2D eigenvalue weighted by Crippen LogP contribution is -2.51. The van der Waals surface area contributed by atoms with Crippen molar-refractivity contribution in [2.45, 2.75) is 25.8 Å². The van der Waals surface area contributed by atoms with Crippen LogP contribution in [0.25, 0.3) is 0 Å². The average molecular weight is 430 g/mol. The van der Waals surface area contributed by atoms with Crippen LogP contribution in [0.5, 0.6) is 0 Å². The molecule has 0 aromatic heterocycles. The van der Waals surface area contributed by atoms with Crippen molar-refractivity contribution in [3.05, 3.63) is 28.2 Å². The number of halogens is 2. The number of carbonyl (C=O) groups is 4. The predicted molar refractivity (Wildman–Crippen MR) is 105 cm³/mol. The number of anilines is 1. The molecular weight excluding hydrogens is 409 g/mol. The third kappa shape index (κ3) is 5.12.